The van der Waals surface area contributed by atoms with Crippen LogP contribution in [0.3, 0.4) is 0 Å². The molecule has 1 heterocycles. The van der Waals surface area contributed by atoms with Crippen LogP contribution in [-0.2, 0) is 0 Å². The highest BCUT2D eigenvalue weighted by Crippen LogP contribution is 2.21. The minimum atomic E-state index is 0.416. The van der Waals surface area contributed by atoms with Gasteiger partial charge in [0.15, 0.2) is 0 Å². The lowest BCUT2D eigenvalue weighted by molar-refractivity contribution is 0.472. The van der Waals surface area contributed by atoms with Crippen molar-refractivity contribution in [1.82, 2.24) is 14.9 Å². The summed E-state index contributed by atoms with van der Waals surface area (Å²) in [5, 5.41) is 3.48. The van der Waals surface area contributed by atoms with Crippen LogP contribution in [0.1, 0.15) is 37.9 Å². The first kappa shape index (κ1) is 13.1. The summed E-state index contributed by atoms with van der Waals surface area (Å²) in [6, 6.07) is 5.35. The first-order valence-electron chi connectivity index (χ1n) is 6.66. The Kier molecular flexibility index (Phi) is 3.71. The molecule has 1 N–H and O–H groups in total. The number of fused-ring (bicyclic) bond motifs is 1. The molecular weight excluding hydrogens is 222 g/mol. The predicted octanol–water partition coefficient (Wildman–Crippen LogP) is 3.21. The number of aromatic nitrogens is 2. The highest BCUT2D eigenvalue weighted by molar-refractivity contribution is 5.77. The van der Waals surface area contributed by atoms with E-state index in [4.69, 9.17) is 0 Å². The molecule has 0 aliphatic heterocycles. The number of hydrogen-bond donors (Lipinski definition) is 1. The SMILES string of the molecule is Cc1cc2ncn(C(C)CNC(C)C)c2cc1C. The Hall–Kier alpha value is -1.35. The first-order chi connectivity index (χ1) is 8.49. The zero-order chi connectivity index (χ0) is 13.3. The van der Waals surface area contributed by atoms with Gasteiger partial charge in [-0.2, -0.15) is 0 Å². The Morgan fingerprint density at radius 2 is 1.83 bits per heavy atom. The van der Waals surface area contributed by atoms with Gasteiger partial charge in [-0.3, -0.25) is 0 Å². The molecule has 2 rings (SSSR count). The normalized spacial score (nSPS) is 13.4. The molecule has 1 aromatic carbocycles. The van der Waals surface area contributed by atoms with Gasteiger partial charge in [0.25, 0.3) is 0 Å². The highest BCUT2D eigenvalue weighted by atomic mass is 15.1. The lowest BCUT2D eigenvalue weighted by atomic mass is 10.1. The summed E-state index contributed by atoms with van der Waals surface area (Å²) in [6.45, 7) is 11.8. The molecule has 98 valence electrons. The van der Waals surface area contributed by atoms with E-state index in [2.05, 4.69) is 61.6 Å². The molecule has 3 heteroatoms. The van der Waals surface area contributed by atoms with Gasteiger partial charge in [-0.05, 0) is 44.0 Å². The second kappa shape index (κ2) is 5.11. The Morgan fingerprint density at radius 3 is 2.50 bits per heavy atom. The van der Waals surface area contributed by atoms with Gasteiger partial charge in [-0.1, -0.05) is 13.8 Å². The van der Waals surface area contributed by atoms with Crippen molar-refractivity contribution in [3.63, 3.8) is 0 Å². The quantitative estimate of drug-likeness (QED) is 0.896. The van der Waals surface area contributed by atoms with Gasteiger partial charge in [0, 0.05) is 18.6 Å². The van der Waals surface area contributed by atoms with Crippen LogP contribution < -0.4 is 5.32 Å². The van der Waals surface area contributed by atoms with Crippen LogP contribution in [0.25, 0.3) is 11.0 Å². The van der Waals surface area contributed by atoms with Crippen LogP contribution in [0.15, 0.2) is 18.5 Å². The molecule has 0 spiro atoms. The number of nitrogens with zero attached hydrogens (tertiary/aromatic N) is 2. The van der Waals surface area contributed by atoms with E-state index >= 15 is 0 Å². The molecular formula is C15H23N3. The van der Waals surface area contributed by atoms with Crippen LogP contribution in [-0.4, -0.2) is 22.1 Å². The van der Waals surface area contributed by atoms with Gasteiger partial charge in [-0.25, -0.2) is 4.98 Å². The number of aryl methyl sites for hydroxylation is 2. The maximum atomic E-state index is 4.50. The summed E-state index contributed by atoms with van der Waals surface area (Å²) in [6.07, 6.45) is 1.95. The van der Waals surface area contributed by atoms with Gasteiger partial charge >= 0.3 is 0 Å². The summed E-state index contributed by atoms with van der Waals surface area (Å²) in [5.74, 6) is 0. The number of benzene rings is 1. The molecule has 0 aliphatic rings. The van der Waals surface area contributed by atoms with Gasteiger partial charge in [0.2, 0.25) is 0 Å². The standard InChI is InChI=1S/C15H23N3/c1-10(2)16-8-13(5)18-9-17-14-6-11(3)12(4)7-15(14)18/h6-7,9-10,13,16H,8H2,1-5H3. The molecule has 0 bridgehead atoms. The fraction of sp³-hybridized carbons (Fsp3) is 0.533. The third-order valence-electron chi connectivity index (χ3n) is 3.49. The smallest absolute Gasteiger partial charge is 0.0961 e. The van der Waals surface area contributed by atoms with E-state index in [0.29, 0.717) is 12.1 Å². The number of nitrogens with one attached hydrogen (secondary N) is 1. The van der Waals surface area contributed by atoms with Gasteiger partial charge in [0.05, 0.1) is 17.4 Å². The summed E-state index contributed by atoms with van der Waals surface area (Å²) in [4.78, 5) is 4.50. The van der Waals surface area contributed by atoms with Gasteiger partial charge in [0.1, 0.15) is 0 Å². The molecule has 18 heavy (non-hydrogen) atoms. The molecule has 2 aromatic rings. The van der Waals surface area contributed by atoms with Crippen molar-refractivity contribution in [2.45, 2.75) is 46.7 Å². The number of rotatable bonds is 4. The second-order valence-electron chi connectivity index (χ2n) is 5.49. The van der Waals surface area contributed by atoms with Crippen molar-refractivity contribution in [2.24, 2.45) is 0 Å². The molecule has 0 amide bonds. The van der Waals surface area contributed by atoms with Crippen molar-refractivity contribution in [1.29, 1.82) is 0 Å². The second-order valence-corrected chi connectivity index (χ2v) is 5.49. The summed E-state index contributed by atoms with van der Waals surface area (Å²) < 4.78 is 2.26. The lowest BCUT2D eigenvalue weighted by Crippen LogP contribution is -2.29. The van der Waals surface area contributed by atoms with Crippen molar-refractivity contribution in [3.05, 3.63) is 29.6 Å². The number of imidazole rings is 1. The monoisotopic (exact) mass is 245 g/mol. The van der Waals surface area contributed by atoms with E-state index < -0.39 is 0 Å². The third kappa shape index (κ3) is 2.56. The predicted molar refractivity (Wildman–Crippen MR) is 77.1 cm³/mol. The summed E-state index contributed by atoms with van der Waals surface area (Å²) in [7, 11) is 0. The molecule has 0 aliphatic carbocycles. The molecule has 0 saturated carbocycles. The van der Waals surface area contributed by atoms with Crippen molar-refractivity contribution < 1.29 is 0 Å². The van der Waals surface area contributed by atoms with E-state index in [9.17, 15) is 0 Å². The van der Waals surface area contributed by atoms with Crippen LogP contribution in [0, 0.1) is 13.8 Å². The summed E-state index contributed by atoms with van der Waals surface area (Å²) in [5.41, 5.74) is 4.96. The number of hydrogen-bond acceptors (Lipinski definition) is 2. The fourth-order valence-electron chi connectivity index (χ4n) is 2.14. The summed E-state index contributed by atoms with van der Waals surface area (Å²) >= 11 is 0. The van der Waals surface area contributed by atoms with Crippen molar-refractivity contribution in [3.8, 4) is 0 Å². The van der Waals surface area contributed by atoms with E-state index in [1.807, 2.05) is 6.33 Å². The average Bonchev–Trinajstić information content (AvgIpc) is 2.69. The third-order valence-corrected chi connectivity index (χ3v) is 3.49. The highest BCUT2D eigenvalue weighted by Gasteiger charge is 2.10. The fourth-order valence-corrected chi connectivity index (χ4v) is 2.14. The first-order valence-corrected chi connectivity index (χ1v) is 6.66. The van der Waals surface area contributed by atoms with E-state index in [1.165, 1.54) is 16.6 Å². The topological polar surface area (TPSA) is 29.9 Å². The Labute approximate surface area is 109 Å². The Bertz CT molecular complexity index is 540. The van der Waals surface area contributed by atoms with Gasteiger partial charge in [-0.15, -0.1) is 0 Å². The van der Waals surface area contributed by atoms with Crippen LogP contribution in [0.4, 0.5) is 0 Å². The average molecular weight is 245 g/mol. The van der Waals surface area contributed by atoms with Crippen molar-refractivity contribution >= 4 is 11.0 Å². The molecule has 1 atom stereocenters. The minimum Gasteiger partial charge on any atom is -0.326 e. The largest absolute Gasteiger partial charge is 0.326 e. The molecule has 0 saturated heterocycles. The molecule has 0 radical (unpaired) electrons. The Balaban J connectivity index is 2.31. The van der Waals surface area contributed by atoms with E-state index in [-0.39, 0.29) is 0 Å². The van der Waals surface area contributed by atoms with Crippen LogP contribution in [0.5, 0.6) is 0 Å². The lowest BCUT2D eigenvalue weighted by Gasteiger charge is -2.17. The zero-order valence-corrected chi connectivity index (χ0v) is 12.0. The zero-order valence-electron chi connectivity index (χ0n) is 12.0. The minimum absolute atomic E-state index is 0.416. The molecule has 0 fully saturated rings. The Morgan fingerprint density at radius 1 is 1.17 bits per heavy atom. The maximum Gasteiger partial charge on any atom is 0.0961 e. The van der Waals surface area contributed by atoms with Crippen LogP contribution in [0.2, 0.25) is 0 Å². The van der Waals surface area contributed by atoms with E-state index in [0.717, 1.165) is 12.1 Å². The molecule has 1 aromatic heterocycles. The maximum absolute atomic E-state index is 4.50. The van der Waals surface area contributed by atoms with Gasteiger partial charge < -0.3 is 9.88 Å². The van der Waals surface area contributed by atoms with Crippen LogP contribution >= 0.6 is 0 Å². The van der Waals surface area contributed by atoms with Crippen molar-refractivity contribution in [2.75, 3.05) is 6.54 Å². The molecule has 3 nitrogen and oxygen atoms in total. The van der Waals surface area contributed by atoms with E-state index in [1.54, 1.807) is 0 Å². The molecule has 1 unspecified atom stereocenters.